The number of benzene rings is 1. The number of esters is 1. The molecule has 0 aliphatic rings. The molecular weight excluding hydrogens is 314 g/mol. The average molecular weight is 336 g/mol. The standard InChI is InChI=1S/C18H22ClNO3/c1-5-11(6-2)13-9-8-12-10-14(18(21)23-7-3)17(22-4)20-16(12)15(13)19/h8-11H,5-7H2,1-4H3. The first kappa shape index (κ1) is 17.5. The summed E-state index contributed by atoms with van der Waals surface area (Å²) >= 11 is 6.58. The Kier molecular flexibility index (Phi) is 5.83. The third-order valence-corrected chi connectivity index (χ3v) is 4.43. The molecule has 0 radical (unpaired) electrons. The van der Waals surface area contributed by atoms with Crippen molar-refractivity contribution < 1.29 is 14.3 Å². The molecule has 0 aliphatic carbocycles. The van der Waals surface area contributed by atoms with Crippen molar-refractivity contribution in [2.75, 3.05) is 13.7 Å². The third kappa shape index (κ3) is 3.42. The first-order valence-corrected chi connectivity index (χ1v) is 8.29. The van der Waals surface area contributed by atoms with Gasteiger partial charge in [-0.2, -0.15) is 0 Å². The van der Waals surface area contributed by atoms with Crippen molar-refractivity contribution in [3.8, 4) is 5.88 Å². The van der Waals surface area contributed by atoms with E-state index in [0.29, 0.717) is 28.6 Å². The van der Waals surface area contributed by atoms with Crippen LogP contribution in [0.4, 0.5) is 0 Å². The molecule has 2 rings (SSSR count). The van der Waals surface area contributed by atoms with Crippen molar-refractivity contribution in [3.63, 3.8) is 0 Å². The van der Waals surface area contributed by atoms with Gasteiger partial charge in [-0.1, -0.05) is 37.6 Å². The van der Waals surface area contributed by atoms with E-state index in [-0.39, 0.29) is 5.88 Å². The number of aromatic nitrogens is 1. The van der Waals surface area contributed by atoms with E-state index in [0.717, 1.165) is 23.8 Å². The summed E-state index contributed by atoms with van der Waals surface area (Å²) in [5.41, 5.74) is 2.05. The molecule has 2 aromatic rings. The first-order chi connectivity index (χ1) is 11.1. The zero-order valence-corrected chi connectivity index (χ0v) is 14.7. The van der Waals surface area contributed by atoms with Crippen LogP contribution >= 0.6 is 11.6 Å². The van der Waals surface area contributed by atoms with Crippen molar-refractivity contribution in [2.24, 2.45) is 0 Å². The van der Waals surface area contributed by atoms with E-state index in [2.05, 4.69) is 18.8 Å². The first-order valence-electron chi connectivity index (χ1n) is 7.91. The van der Waals surface area contributed by atoms with Gasteiger partial charge >= 0.3 is 5.97 Å². The summed E-state index contributed by atoms with van der Waals surface area (Å²) in [7, 11) is 1.48. The maximum atomic E-state index is 12.0. The minimum atomic E-state index is -0.445. The summed E-state index contributed by atoms with van der Waals surface area (Å²) in [6, 6.07) is 5.69. The van der Waals surface area contributed by atoms with Crippen LogP contribution in [0.3, 0.4) is 0 Å². The van der Waals surface area contributed by atoms with E-state index in [4.69, 9.17) is 21.1 Å². The van der Waals surface area contributed by atoms with E-state index in [9.17, 15) is 4.79 Å². The molecule has 124 valence electrons. The van der Waals surface area contributed by atoms with E-state index >= 15 is 0 Å². The number of halogens is 1. The van der Waals surface area contributed by atoms with Gasteiger partial charge in [0.25, 0.3) is 0 Å². The predicted molar refractivity (Wildman–Crippen MR) is 92.6 cm³/mol. The van der Waals surface area contributed by atoms with Crippen LogP contribution in [-0.4, -0.2) is 24.7 Å². The van der Waals surface area contributed by atoms with Crippen molar-refractivity contribution in [3.05, 3.63) is 34.3 Å². The van der Waals surface area contributed by atoms with Gasteiger partial charge in [0.2, 0.25) is 5.88 Å². The largest absolute Gasteiger partial charge is 0.480 e. The van der Waals surface area contributed by atoms with Crippen LogP contribution in [0.25, 0.3) is 10.9 Å². The van der Waals surface area contributed by atoms with E-state index in [1.807, 2.05) is 12.1 Å². The van der Waals surface area contributed by atoms with Gasteiger partial charge in [0.05, 0.1) is 24.3 Å². The molecule has 0 amide bonds. The van der Waals surface area contributed by atoms with Crippen molar-refractivity contribution in [1.29, 1.82) is 0 Å². The Bertz CT molecular complexity index is 711. The fourth-order valence-electron chi connectivity index (χ4n) is 2.76. The molecule has 0 saturated carbocycles. The van der Waals surface area contributed by atoms with Gasteiger partial charge in [0.15, 0.2) is 0 Å². The second-order valence-electron chi connectivity index (χ2n) is 5.32. The molecule has 23 heavy (non-hydrogen) atoms. The maximum Gasteiger partial charge on any atom is 0.343 e. The van der Waals surface area contributed by atoms with Gasteiger partial charge in [-0.15, -0.1) is 0 Å². The van der Waals surface area contributed by atoms with Gasteiger partial charge in [-0.3, -0.25) is 0 Å². The van der Waals surface area contributed by atoms with Gasteiger partial charge in [-0.25, -0.2) is 9.78 Å². The molecule has 1 aromatic carbocycles. The lowest BCUT2D eigenvalue weighted by molar-refractivity contribution is 0.0522. The number of fused-ring (bicyclic) bond motifs is 1. The maximum absolute atomic E-state index is 12.0. The van der Waals surface area contributed by atoms with Crippen molar-refractivity contribution in [1.82, 2.24) is 4.98 Å². The number of methoxy groups -OCH3 is 1. The number of rotatable bonds is 6. The highest BCUT2D eigenvalue weighted by atomic mass is 35.5. The number of carbonyl (C=O) groups excluding carboxylic acids is 1. The Morgan fingerprint density at radius 3 is 2.52 bits per heavy atom. The van der Waals surface area contributed by atoms with Crippen LogP contribution < -0.4 is 4.74 Å². The molecule has 0 fully saturated rings. The van der Waals surface area contributed by atoms with Crippen LogP contribution in [0.1, 0.15) is 55.5 Å². The summed E-state index contributed by atoms with van der Waals surface area (Å²) in [6.07, 6.45) is 2.03. The van der Waals surface area contributed by atoms with Crippen LogP contribution in [0.15, 0.2) is 18.2 Å². The number of pyridine rings is 1. The molecule has 0 atom stereocenters. The Hall–Kier alpha value is -1.81. The fraction of sp³-hybridized carbons (Fsp3) is 0.444. The highest BCUT2D eigenvalue weighted by Crippen LogP contribution is 2.36. The third-order valence-electron chi connectivity index (χ3n) is 4.03. The quantitative estimate of drug-likeness (QED) is 0.699. The lowest BCUT2D eigenvalue weighted by Crippen LogP contribution is -2.08. The Labute approximate surface area is 141 Å². The normalized spacial score (nSPS) is 11.0. The molecule has 4 nitrogen and oxygen atoms in total. The van der Waals surface area contributed by atoms with Crippen molar-refractivity contribution >= 4 is 28.5 Å². The zero-order valence-electron chi connectivity index (χ0n) is 14.0. The topological polar surface area (TPSA) is 48.4 Å². The second-order valence-corrected chi connectivity index (χ2v) is 5.70. The highest BCUT2D eigenvalue weighted by molar-refractivity contribution is 6.36. The highest BCUT2D eigenvalue weighted by Gasteiger charge is 2.20. The number of nitrogens with zero attached hydrogens (tertiary/aromatic N) is 1. The Morgan fingerprint density at radius 2 is 1.96 bits per heavy atom. The van der Waals surface area contributed by atoms with Gasteiger partial charge in [0.1, 0.15) is 5.56 Å². The fourth-order valence-corrected chi connectivity index (χ4v) is 3.13. The average Bonchev–Trinajstić information content (AvgIpc) is 2.57. The van der Waals surface area contributed by atoms with Gasteiger partial charge in [0, 0.05) is 5.39 Å². The SMILES string of the molecule is CCOC(=O)c1cc2ccc(C(CC)CC)c(Cl)c2nc1OC. The van der Waals surface area contributed by atoms with E-state index < -0.39 is 5.97 Å². The smallest absolute Gasteiger partial charge is 0.343 e. The number of hydrogen-bond acceptors (Lipinski definition) is 4. The minimum Gasteiger partial charge on any atom is -0.480 e. The molecule has 0 aliphatic heterocycles. The van der Waals surface area contributed by atoms with Crippen LogP contribution in [0, 0.1) is 0 Å². The molecule has 0 bridgehead atoms. The minimum absolute atomic E-state index is 0.236. The molecule has 1 heterocycles. The molecule has 1 aromatic heterocycles. The molecule has 0 unspecified atom stereocenters. The lowest BCUT2D eigenvalue weighted by Gasteiger charge is -2.16. The summed E-state index contributed by atoms with van der Waals surface area (Å²) in [6.45, 7) is 6.35. The summed E-state index contributed by atoms with van der Waals surface area (Å²) in [5.74, 6) is 0.183. The van der Waals surface area contributed by atoms with Crippen LogP contribution in [0.5, 0.6) is 5.88 Å². The molecule has 5 heteroatoms. The lowest BCUT2D eigenvalue weighted by atomic mass is 9.93. The number of hydrogen-bond donors (Lipinski definition) is 0. The van der Waals surface area contributed by atoms with Crippen LogP contribution in [0.2, 0.25) is 5.02 Å². The van der Waals surface area contributed by atoms with E-state index in [1.54, 1.807) is 13.0 Å². The van der Waals surface area contributed by atoms with E-state index in [1.165, 1.54) is 7.11 Å². The Balaban J connectivity index is 2.62. The Morgan fingerprint density at radius 1 is 1.26 bits per heavy atom. The molecular formula is C18H22ClNO3. The molecule has 0 saturated heterocycles. The monoisotopic (exact) mass is 335 g/mol. The number of carbonyl (C=O) groups is 1. The van der Waals surface area contributed by atoms with Crippen molar-refractivity contribution in [2.45, 2.75) is 39.5 Å². The summed E-state index contributed by atoms with van der Waals surface area (Å²) in [4.78, 5) is 16.5. The van der Waals surface area contributed by atoms with Gasteiger partial charge < -0.3 is 9.47 Å². The second kappa shape index (κ2) is 7.64. The van der Waals surface area contributed by atoms with Crippen LogP contribution in [-0.2, 0) is 4.74 Å². The summed E-state index contributed by atoms with van der Waals surface area (Å²) in [5, 5.41) is 1.43. The predicted octanol–water partition coefficient (Wildman–Crippen LogP) is 4.98. The zero-order chi connectivity index (χ0) is 17.0. The van der Waals surface area contributed by atoms with Gasteiger partial charge in [-0.05, 0) is 37.3 Å². The summed E-state index contributed by atoms with van der Waals surface area (Å²) < 4.78 is 10.3. The molecule has 0 N–H and O–H groups in total. The number of ether oxygens (including phenoxy) is 2. The molecule has 0 spiro atoms.